The molecule has 5 nitrogen and oxygen atoms in total. The van der Waals surface area contributed by atoms with Crippen molar-refractivity contribution >= 4 is 5.96 Å². The van der Waals surface area contributed by atoms with Gasteiger partial charge in [0.2, 0.25) is 0 Å². The lowest BCUT2D eigenvalue weighted by Crippen LogP contribution is -2.46. The first-order valence-corrected chi connectivity index (χ1v) is 8.50. The third kappa shape index (κ3) is 4.53. The number of hydrogen-bond acceptors (Lipinski definition) is 3. The summed E-state index contributed by atoms with van der Waals surface area (Å²) in [5.74, 6) is 1.77. The summed E-state index contributed by atoms with van der Waals surface area (Å²) in [4.78, 5) is 4.59. The van der Waals surface area contributed by atoms with Crippen LogP contribution in [0.3, 0.4) is 0 Å². The lowest BCUT2D eigenvalue weighted by molar-refractivity contribution is 0.131. The predicted octanol–water partition coefficient (Wildman–Crippen LogP) is 3.04. The van der Waals surface area contributed by atoms with Crippen LogP contribution in [0.4, 0.5) is 0 Å². The van der Waals surface area contributed by atoms with Gasteiger partial charge in [0.05, 0.1) is 13.7 Å². The maximum Gasteiger partial charge on any atom is 0.191 e. The van der Waals surface area contributed by atoms with Crippen molar-refractivity contribution in [3.8, 4) is 11.5 Å². The maximum atomic E-state index is 9.95. The molecule has 1 aliphatic carbocycles. The number of guanidine groups is 1. The fourth-order valence-corrected chi connectivity index (χ4v) is 2.92. The summed E-state index contributed by atoms with van der Waals surface area (Å²) in [6, 6.07) is 5.21. The Kier molecular flexibility index (Phi) is 6.13. The lowest BCUT2D eigenvalue weighted by Gasteiger charge is -2.41. The number of benzene rings is 1. The van der Waals surface area contributed by atoms with Gasteiger partial charge in [0, 0.05) is 18.7 Å². The highest BCUT2D eigenvalue weighted by molar-refractivity contribution is 5.79. The number of aromatic hydroxyl groups is 1. The minimum absolute atomic E-state index is 0.245. The molecule has 0 aliphatic heterocycles. The molecule has 23 heavy (non-hydrogen) atoms. The fourth-order valence-electron chi connectivity index (χ4n) is 2.92. The Hall–Kier alpha value is -1.91. The molecule has 0 aromatic heterocycles. The first kappa shape index (κ1) is 17.4. The van der Waals surface area contributed by atoms with Crippen LogP contribution >= 0.6 is 0 Å². The molecule has 0 bridgehead atoms. The van der Waals surface area contributed by atoms with Crippen LogP contribution in [0.5, 0.6) is 11.5 Å². The maximum absolute atomic E-state index is 9.95. The van der Waals surface area contributed by atoms with Gasteiger partial charge in [-0.1, -0.05) is 13.3 Å². The Morgan fingerprint density at radius 2 is 2.09 bits per heavy atom. The third-order valence-corrected chi connectivity index (χ3v) is 4.83. The number of hydrogen-bond donors (Lipinski definition) is 3. The number of phenols is 1. The molecule has 1 saturated carbocycles. The van der Waals surface area contributed by atoms with Gasteiger partial charge in [0.1, 0.15) is 11.5 Å². The SMILES string of the molecule is CCNC(=NCc1cc(OC)ccc1O)NCC1(CC)CCC1. The molecule has 0 atom stereocenters. The Morgan fingerprint density at radius 1 is 1.30 bits per heavy atom. The molecule has 5 heteroatoms. The minimum Gasteiger partial charge on any atom is -0.508 e. The van der Waals surface area contributed by atoms with Crippen LogP contribution in [0, 0.1) is 5.41 Å². The average molecular weight is 319 g/mol. The second kappa shape index (κ2) is 8.09. The van der Waals surface area contributed by atoms with Crippen molar-refractivity contribution < 1.29 is 9.84 Å². The molecule has 3 N–H and O–H groups in total. The van der Waals surface area contributed by atoms with Crippen molar-refractivity contribution in [2.45, 2.75) is 46.1 Å². The van der Waals surface area contributed by atoms with Crippen molar-refractivity contribution in [2.24, 2.45) is 10.4 Å². The smallest absolute Gasteiger partial charge is 0.191 e. The molecule has 1 aliphatic rings. The topological polar surface area (TPSA) is 65.9 Å². The molecule has 2 rings (SSSR count). The lowest BCUT2D eigenvalue weighted by atomic mass is 9.67. The highest BCUT2D eigenvalue weighted by Crippen LogP contribution is 2.43. The Labute approximate surface area is 139 Å². The Morgan fingerprint density at radius 3 is 2.65 bits per heavy atom. The number of aliphatic imine (C=N–C) groups is 1. The van der Waals surface area contributed by atoms with Gasteiger partial charge in [0.15, 0.2) is 5.96 Å². The number of ether oxygens (including phenoxy) is 1. The van der Waals surface area contributed by atoms with Crippen molar-refractivity contribution in [3.63, 3.8) is 0 Å². The van der Waals surface area contributed by atoms with E-state index in [1.54, 1.807) is 19.2 Å². The second-order valence-electron chi connectivity index (χ2n) is 6.25. The second-order valence-corrected chi connectivity index (χ2v) is 6.25. The van der Waals surface area contributed by atoms with E-state index < -0.39 is 0 Å². The third-order valence-electron chi connectivity index (χ3n) is 4.83. The van der Waals surface area contributed by atoms with E-state index in [2.05, 4.69) is 29.5 Å². The molecule has 128 valence electrons. The van der Waals surface area contributed by atoms with Gasteiger partial charge < -0.3 is 20.5 Å². The van der Waals surface area contributed by atoms with Crippen LogP contribution < -0.4 is 15.4 Å². The highest BCUT2D eigenvalue weighted by atomic mass is 16.5. The fraction of sp³-hybridized carbons (Fsp3) is 0.611. The van der Waals surface area contributed by atoms with E-state index in [9.17, 15) is 5.11 Å². The molecular formula is C18H29N3O2. The Balaban J connectivity index is 2.00. The quantitative estimate of drug-likeness (QED) is 0.534. The van der Waals surface area contributed by atoms with Crippen molar-refractivity contribution in [2.75, 3.05) is 20.2 Å². The summed E-state index contributed by atoms with van der Waals surface area (Å²) in [5.41, 5.74) is 1.20. The molecular weight excluding hydrogens is 290 g/mol. The molecule has 0 saturated heterocycles. The monoisotopic (exact) mass is 319 g/mol. The van der Waals surface area contributed by atoms with Crippen LogP contribution in [0.15, 0.2) is 23.2 Å². The van der Waals surface area contributed by atoms with Crippen LogP contribution in [0.2, 0.25) is 0 Å². The first-order valence-electron chi connectivity index (χ1n) is 8.50. The summed E-state index contributed by atoms with van der Waals surface area (Å²) < 4.78 is 5.20. The first-order chi connectivity index (χ1) is 11.1. The molecule has 1 aromatic carbocycles. The number of nitrogens with one attached hydrogen (secondary N) is 2. The molecule has 0 spiro atoms. The van der Waals surface area contributed by atoms with E-state index >= 15 is 0 Å². The highest BCUT2D eigenvalue weighted by Gasteiger charge is 2.34. The van der Waals surface area contributed by atoms with Gasteiger partial charge in [-0.3, -0.25) is 0 Å². The summed E-state index contributed by atoms with van der Waals surface area (Å²) in [6.07, 6.45) is 5.14. The predicted molar refractivity (Wildman–Crippen MR) is 94.1 cm³/mol. The largest absolute Gasteiger partial charge is 0.508 e. The minimum atomic E-state index is 0.245. The normalized spacial score (nSPS) is 16.6. The van der Waals surface area contributed by atoms with Gasteiger partial charge in [-0.25, -0.2) is 4.99 Å². The molecule has 1 fully saturated rings. The van der Waals surface area contributed by atoms with Gasteiger partial charge in [-0.05, 0) is 49.8 Å². The van der Waals surface area contributed by atoms with E-state index in [0.717, 1.165) is 30.4 Å². The van der Waals surface area contributed by atoms with Gasteiger partial charge in [-0.15, -0.1) is 0 Å². The molecule has 0 amide bonds. The van der Waals surface area contributed by atoms with Crippen LogP contribution in [-0.2, 0) is 6.54 Å². The van der Waals surface area contributed by atoms with E-state index in [1.807, 2.05) is 6.07 Å². The standard InChI is InChI=1S/C18H29N3O2/c1-4-18(9-6-10-18)13-21-17(19-5-2)20-12-14-11-15(23-3)7-8-16(14)22/h7-8,11,22H,4-6,9-10,12-13H2,1-3H3,(H2,19,20,21). The molecule has 0 heterocycles. The summed E-state index contributed by atoms with van der Waals surface area (Å²) in [5, 5.41) is 16.7. The van der Waals surface area contributed by atoms with Crippen molar-refractivity contribution in [3.05, 3.63) is 23.8 Å². The van der Waals surface area contributed by atoms with Gasteiger partial charge in [-0.2, -0.15) is 0 Å². The Bertz CT molecular complexity index is 534. The molecule has 0 unspecified atom stereocenters. The number of phenolic OH excluding ortho intramolecular Hbond substituents is 1. The number of nitrogens with zero attached hydrogens (tertiary/aromatic N) is 1. The zero-order valence-corrected chi connectivity index (χ0v) is 14.5. The zero-order valence-electron chi connectivity index (χ0n) is 14.5. The van der Waals surface area contributed by atoms with Crippen molar-refractivity contribution in [1.82, 2.24) is 10.6 Å². The van der Waals surface area contributed by atoms with Gasteiger partial charge >= 0.3 is 0 Å². The number of methoxy groups -OCH3 is 1. The van der Waals surface area contributed by atoms with Crippen molar-refractivity contribution in [1.29, 1.82) is 0 Å². The van der Waals surface area contributed by atoms with Crippen LogP contribution in [0.25, 0.3) is 0 Å². The van der Waals surface area contributed by atoms with Gasteiger partial charge in [0.25, 0.3) is 0 Å². The van der Waals surface area contributed by atoms with E-state index in [0.29, 0.717) is 12.0 Å². The number of rotatable bonds is 7. The zero-order chi connectivity index (χ0) is 16.7. The van der Waals surface area contributed by atoms with E-state index in [4.69, 9.17) is 4.74 Å². The molecule has 1 aromatic rings. The summed E-state index contributed by atoms with van der Waals surface area (Å²) in [6.45, 7) is 6.50. The summed E-state index contributed by atoms with van der Waals surface area (Å²) >= 11 is 0. The van der Waals surface area contributed by atoms with E-state index in [-0.39, 0.29) is 5.75 Å². The van der Waals surface area contributed by atoms with Crippen LogP contribution in [-0.4, -0.2) is 31.3 Å². The molecule has 0 radical (unpaired) electrons. The van der Waals surface area contributed by atoms with E-state index in [1.165, 1.54) is 25.7 Å². The van der Waals surface area contributed by atoms with Crippen LogP contribution in [0.1, 0.15) is 45.1 Å². The summed E-state index contributed by atoms with van der Waals surface area (Å²) in [7, 11) is 1.62. The average Bonchev–Trinajstić information content (AvgIpc) is 2.53.